The molecule has 1 saturated carbocycles. The van der Waals surface area contributed by atoms with Gasteiger partial charge in [0.05, 0.1) is 15.7 Å². The van der Waals surface area contributed by atoms with Crippen LogP contribution in [0, 0.1) is 5.41 Å². The molecule has 0 atom stereocenters. The first-order chi connectivity index (χ1) is 8.93. The maximum atomic E-state index is 12.1. The fraction of sp³-hybridized carbons (Fsp3) is 0.538. The topological polar surface area (TPSA) is 57.6 Å². The molecule has 19 heavy (non-hydrogen) atoms. The molecule has 1 aliphatic rings. The van der Waals surface area contributed by atoms with Gasteiger partial charge in [0.2, 0.25) is 5.91 Å². The summed E-state index contributed by atoms with van der Waals surface area (Å²) < 4.78 is 1.03. The largest absolute Gasteiger partial charge is 0.481 e. The fourth-order valence-corrected chi connectivity index (χ4v) is 3.79. The molecule has 1 aliphatic carbocycles. The summed E-state index contributed by atoms with van der Waals surface area (Å²) in [7, 11) is 1.73. The number of aliphatic carboxylic acids is 1. The fourth-order valence-electron chi connectivity index (χ4n) is 2.25. The highest BCUT2D eigenvalue weighted by atomic mass is 79.9. The third-order valence-electron chi connectivity index (χ3n) is 3.70. The molecule has 0 unspecified atom stereocenters. The normalized spacial score (nSPS) is 16.7. The van der Waals surface area contributed by atoms with Crippen LogP contribution >= 0.6 is 27.3 Å². The molecule has 0 aliphatic heterocycles. The lowest BCUT2D eigenvalue weighted by Gasteiger charge is -2.37. The molecule has 0 aromatic carbocycles. The number of carbonyl (C=O) groups is 2. The van der Waals surface area contributed by atoms with E-state index in [0.29, 0.717) is 19.4 Å². The Hall–Kier alpha value is -0.880. The minimum absolute atomic E-state index is 0.0911. The third kappa shape index (κ3) is 3.17. The van der Waals surface area contributed by atoms with E-state index in [1.54, 1.807) is 23.3 Å². The maximum Gasteiger partial charge on any atom is 0.310 e. The van der Waals surface area contributed by atoms with Crippen LogP contribution in [0.3, 0.4) is 0 Å². The summed E-state index contributed by atoms with van der Waals surface area (Å²) in [5.41, 5.74) is -0.804. The molecule has 1 N–H and O–H groups in total. The smallest absolute Gasteiger partial charge is 0.310 e. The summed E-state index contributed by atoms with van der Waals surface area (Å²) in [6, 6.07) is 3.91. The molecule has 0 bridgehead atoms. The average molecular weight is 346 g/mol. The zero-order valence-corrected chi connectivity index (χ0v) is 13.1. The van der Waals surface area contributed by atoms with Crippen molar-refractivity contribution in [3.8, 4) is 0 Å². The van der Waals surface area contributed by atoms with Gasteiger partial charge in [-0.15, -0.1) is 11.3 Å². The van der Waals surface area contributed by atoms with E-state index in [9.17, 15) is 14.7 Å². The van der Waals surface area contributed by atoms with E-state index in [1.807, 2.05) is 12.1 Å². The van der Waals surface area contributed by atoms with Crippen molar-refractivity contribution < 1.29 is 14.7 Å². The van der Waals surface area contributed by atoms with Crippen molar-refractivity contribution in [2.75, 3.05) is 7.05 Å². The minimum atomic E-state index is -0.834. The predicted octanol–water partition coefficient (Wildman–Crippen LogP) is 3.11. The highest BCUT2D eigenvalue weighted by molar-refractivity contribution is 9.11. The van der Waals surface area contributed by atoms with Gasteiger partial charge in [-0.2, -0.15) is 0 Å². The summed E-state index contributed by atoms with van der Waals surface area (Å²) in [6.45, 7) is 0.533. The molecule has 1 aromatic rings. The van der Waals surface area contributed by atoms with E-state index in [4.69, 9.17) is 0 Å². The van der Waals surface area contributed by atoms with Gasteiger partial charge in [-0.3, -0.25) is 9.59 Å². The van der Waals surface area contributed by atoms with Gasteiger partial charge < -0.3 is 10.0 Å². The highest BCUT2D eigenvalue weighted by Gasteiger charge is 2.46. The number of carboxylic acid groups (broad SMARTS) is 1. The van der Waals surface area contributed by atoms with Crippen LogP contribution in [-0.4, -0.2) is 28.9 Å². The van der Waals surface area contributed by atoms with Crippen molar-refractivity contribution in [1.82, 2.24) is 4.90 Å². The van der Waals surface area contributed by atoms with Gasteiger partial charge in [0, 0.05) is 18.3 Å². The zero-order valence-electron chi connectivity index (χ0n) is 10.7. The summed E-state index contributed by atoms with van der Waals surface area (Å²) >= 11 is 4.97. The SMILES string of the molecule is CN(Cc1ccc(Br)s1)C(=O)CC1(C(=O)O)CCC1. The molecule has 0 spiro atoms. The van der Waals surface area contributed by atoms with Crippen molar-refractivity contribution in [2.45, 2.75) is 32.2 Å². The second-order valence-corrected chi connectivity index (χ2v) is 7.62. The van der Waals surface area contributed by atoms with Crippen LogP contribution in [0.5, 0.6) is 0 Å². The lowest BCUT2D eigenvalue weighted by Crippen LogP contribution is -2.42. The summed E-state index contributed by atoms with van der Waals surface area (Å²) in [4.78, 5) is 26.1. The van der Waals surface area contributed by atoms with Crippen molar-refractivity contribution in [3.63, 3.8) is 0 Å². The molecule has 0 saturated heterocycles. The summed E-state index contributed by atoms with van der Waals surface area (Å²) in [5.74, 6) is -0.925. The van der Waals surface area contributed by atoms with Crippen molar-refractivity contribution in [2.24, 2.45) is 5.41 Å². The summed E-state index contributed by atoms with van der Waals surface area (Å²) in [6.07, 6.45) is 2.26. The number of halogens is 1. The van der Waals surface area contributed by atoms with Crippen LogP contribution in [0.1, 0.15) is 30.6 Å². The minimum Gasteiger partial charge on any atom is -0.481 e. The number of carboxylic acids is 1. The quantitative estimate of drug-likeness (QED) is 0.891. The second kappa shape index (κ2) is 5.63. The number of nitrogens with zero attached hydrogens (tertiary/aromatic N) is 1. The van der Waals surface area contributed by atoms with Crippen molar-refractivity contribution in [3.05, 3.63) is 20.8 Å². The van der Waals surface area contributed by atoms with E-state index in [0.717, 1.165) is 15.1 Å². The number of hydrogen-bond acceptors (Lipinski definition) is 3. The van der Waals surface area contributed by atoms with Crippen LogP contribution in [0.25, 0.3) is 0 Å². The first-order valence-corrected chi connectivity index (χ1v) is 7.75. The Morgan fingerprint density at radius 3 is 2.58 bits per heavy atom. The molecule has 0 radical (unpaired) electrons. The molecule has 1 fully saturated rings. The highest BCUT2D eigenvalue weighted by Crippen LogP contribution is 2.44. The van der Waals surface area contributed by atoms with Gasteiger partial charge in [0.25, 0.3) is 0 Å². The van der Waals surface area contributed by atoms with Crippen molar-refractivity contribution in [1.29, 1.82) is 0 Å². The Morgan fingerprint density at radius 1 is 1.47 bits per heavy atom. The van der Waals surface area contributed by atoms with Crippen LogP contribution in [0.2, 0.25) is 0 Å². The molecule has 1 heterocycles. The Labute approximate surface area is 124 Å². The number of amides is 1. The predicted molar refractivity (Wildman–Crippen MR) is 77.0 cm³/mol. The zero-order chi connectivity index (χ0) is 14.0. The molecular weight excluding hydrogens is 330 g/mol. The van der Waals surface area contributed by atoms with E-state index in [-0.39, 0.29) is 12.3 Å². The molecule has 6 heteroatoms. The van der Waals surface area contributed by atoms with Crippen molar-refractivity contribution >= 4 is 39.1 Å². The third-order valence-corrected chi connectivity index (χ3v) is 5.31. The molecule has 104 valence electrons. The molecule has 4 nitrogen and oxygen atoms in total. The van der Waals surface area contributed by atoms with Gasteiger partial charge >= 0.3 is 5.97 Å². The van der Waals surface area contributed by atoms with E-state index >= 15 is 0 Å². The van der Waals surface area contributed by atoms with E-state index in [2.05, 4.69) is 15.9 Å². The van der Waals surface area contributed by atoms with Crippen LogP contribution in [0.15, 0.2) is 15.9 Å². The molecule has 1 aromatic heterocycles. The number of carbonyl (C=O) groups excluding carboxylic acids is 1. The first kappa shape index (κ1) is 14.5. The number of rotatable bonds is 5. The van der Waals surface area contributed by atoms with Gasteiger partial charge in [0.1, 0.15) is 0 Å². The van der Waals surface area contributed by atoms with E-state index < -0.39 is 11.4 Å². The Morgan fingerprint density at radius 2 is 2.16 bits per heavy atom. The Bertz CT molecular complexity index is 496. The summed E-state index contributed by atoms with van der Waals surface area (Å²) in [5, 5.41) is 9.23. The van der Waals surface area contributed by atoms with Gasteiger partial charge in [0.15, 0.2) is 0 Å². The van der Waals surface area contributed by atoms with Gasteiger partial charge in [-0.25, -0.2) is 0 Å². The average Bonchev–Trinajstić information content (AvgIpc) is 2.68. The van der Waals surface area contributed by atoms with Gasteiger partial charge in [-0.05, 0) is 40.9 Å². The Kier molecular flexibility index (Phi) is 4.30. The Balaban J connectivity index is 1.94. The van der Waals surface area contributed by atoms with Crippen LogP contribution < -0.4 is 0 Å². The van der Waals surface area contributed by atoms with Gasteiger partial charge in [-0.1, -0.05) is 6.42 Å². The number of hydrogen-bond donors (Lipinski definition) is 1. The van der Waals surface area contributed by atoms with Crippen LogP contribution in [0.4, 0.5) is 0 Å². The second-order valence-electron chi connectivity index (χ2n) is 5.07. The lowest BCUT2D eigenvalue weighted by atomic mass is 9.66. The first-order valence-electron chi connectivity index (χ1n) is 6.14. The molecule has 1 amide bonds. The van der Waals surface area contributed by atoms with E-state index in [1.165, 1.54) is 0 Å². The molecule has 2 rings (SSSR count). The maximum absolute atomic E-state index is 12.1. The standard InChI is InChI=1S/C13H16BrNO3S/c1-15(8-9-3-4-10(14)19-9)11(16)7-13(12(17)18)5-2-6-13/h3-4H,2,5-8H2,1H3,(H,17,18). The van der Waals surface area contributed by atoms with Crippen LogP contribution in [-0.2, 0) is 16.1 Å². The monoisotopic (exact) mass is 345 g/mol. The molecular formula is C13H16BrNO3S. The lowest BCUT2D eigenvalue weighted by molar-refractivity contribution is -0.159. The number of thiophene rings is 1.